The summed E-state index contributed by atoms with van der Waals surface area (Å²) in [5.74, 6) is -0.983. The van der Waals surface area contributed by atoms with E-state index in [1.54, 1.807) is 24.3 Å². The lowest BCUT2D eigenvalue weighted by molar-refractivity contribution is -0.136. The Kier molecular flexibility index (Phi) is 4.00. The molecule has 2 heterocycles. The topological polar surface area (TPSA) is 85.1 Å². The summed E-state index contributed by atoms with van der Waals surface area (Å²) in [4.78, 5) is 28.5. The van der Waals surface area contributed by atoms with Crippen molar-refractivity contribution in [3.8, 4) is 0 Å². The van der Waals surface area contributed by atoms with Crippen LogP contribution in [-0.4, -0.2) is 25.8 Å². The minimum atomic E-state index is -0.983. The molecule has 0 aliphatic rings. The standard InChI is InChI=1S/C19H15N3O3S/c1-11-6-7-14-16(8-11)26-17(20-14)10-22-19(25)13-5-3-2-4-12(13)15(21-22)9-18(23)24/h2-8H,9-10H2,1H3,(H,23,24). The van der Waals surface area contributed by atoms with Gasteiger partial charge in [0.15, 0.2) is 0 Å². The van der Waals surface area contributed by atoms with Crippen molar-refractivity contribution in [2.24, 2.45) is 0 Å². The van der Waals surface area contributed by atoms with Crippen molar-refractivity contribution in [1.82, 2.24) is 14.8 Å². The number of carboxylic acid groups (broad SMARTS) is 1. The smallest absolute Gasteiger partial charge is 0.309 e. The van der Waals surface area contributed by atoms with Crippen LogP contribution in [0.25, 0.3) is 21.0 Å². The van der Waals surface area contributed by atoms with Crippen molar-refractivity contribution in [1.29, 1.82) is 0 Å². The number of carboxylic acids is 1. The molecule has 7 heteroatoms. The summed E-state index contributed by atoms with van der Waals surface area (Å²) in [6.07, 6.45) is -0.236. The number of aliphatic carboxylic acids is 1. The first-order chi connectivity index (χ1) is 12.5. The van der Waals surface area contributed by atoms with E-state index in [4.69, 9.17) is 5.11 Å². The highest BCUT2D eigenvalue weighted by molar-refractivity contribution is 7.18. The van der Waals surface area contributed by atoms with Crippen LogP contribution in [0.15, 0.2) is 47.3 Å². The van der Waals surface area contributed by atoms with Crippen LogP contribution in [0.4, 0.5) is 0 Å². The molecule has 0 saturated heterocycles. The van der Waals surface area contributed by atoms with E-state index in [2.05, 4.69) is 16.1 Å². The molecule has 0 bridgehead atoms. The molecule has 0 radical (unpaired) electrons. The molecule has 1 N–H and O–H groups in total. The number of benzene rings is 2. The quantitative estimate of drug-likeness (QED) is 0.601. The fraction of sp³-hybridized carbons (Fsp3) is 0.158. The zero-order valence-electron chi connectivity index (χ0n) is 14.0. The monoisotopic (exact) mass is 365 g/mol. The van der Waals surface area contributed by atoms with Crippen LogP contribution < -0.4 is 5.56 Å². The Hall–Kier alpha value is -3.06. The van der Waals surface area contributed by atoms with Gasteiger partial charge in [0, 0.05) is 5.39 Å². The Balaban J connectivity index is 1.83. The third kappa shape index (κ3) is 2.97. The van der Waals surface area contributed by atoms with Gasteiger partial charge in [0.1, 0.15) is 5.01 Å². The highest BCUT2D eigenvalue weighted by Gasteiger charge is 2.14. The number of fused-ring (bicyclic) bond motifs is 2. The second kappa shape index (κ2) is 6.34. The molecule has 0 amide bonds. The number of aryl methyl sites for hydroxylation is 1. The van der Waals surface area contributed by atoms with Gasteiger partial charge in [0.2, 0.25) is 0 Å². The number of carbonyl (C=O) groups is 1. The molecule has 0 fully saturated rings. The molecule has 130 valence electrons. The highest BCUT2D eigenvalue weighted by Crippen LogP contribution is 2.23. The van der Waals surface area contributed by atoms with Crippen LogP contribution in [0.3, 0.4) is 0 Å². The first-order valence-electron chi connectivity index (χ1n) is 8.08. The van der Waals surface area contributed by atoms with Crippen LogP contribution in [0.5, 0.6) is 0 Å². The van der Waals surface area contributed by atoms with E-state index in [0.29, 0.717) is 16.5 Å². The number of aromatic nitrogens is 3. The predicted molar refractivity (Wildman–Crippen MR) is 101 cm³/mol. The van der Waals surface area contributed by atoms with E-state index in [-0.39, 0.29) is 18.5 Å². The minimum absolute atomic E-state index is 0.217. The van der Waals surface area contributed by atoms with Crippen LogP contribution in [-0.2, 0) is 17.8 Å². The summed E-state index contributed by atoms with van der Waals surface area (Å²) in [6.45, 7) is 2.24. The number of nitrogens with zero attached hydrogens (tertiary/aromatic N) is 3. The Morgan fingerprint density at radius 1 is 1.19 bits per heavy atom. The van der Waals surface area contributed by atoms with Crippen molar-refractivity contribution < 1.29 is 9.90 Å². The van der Waals surface area contributed by atoms with Crippen LogP contribution in [0, 0.1) is 6.92 Å². The molecule has 0 unspecified atom stereocenters. The summed E-state index contributed by atoms with van der Waals surface area (Å²) in [6, 6.07) is 13.0. The molecule has 2 aromatic heterocycles. The third-order valence-corrected chi connectivity index (χ3v) is 5.14. The Bertz CT molecular complexity index is 1210. The van der Waals surface area contributed by atoms with E-state index in [9.17, 15) is 9.59 Å². The Morgan fingerprint density at radius 3 is 2.73 bits per heavy atom. The first kappa shape index (κ1) is 16.4. The summed E-state index contributed by atoms with van der Waals surface area (Å²) in [7, 11) is 0. The molecule has 0 aliphatic heterocycles. The van der Waals surface area contributed by atoms with Crippen molar-refractivity contribution in [2.75, 3.05) is 0 Å². The van der Waals surface area contributed by atoms with Gasteiger partial charge in [-0.15, -0.1) is 11.3 Å². The van der Waals surface area contributed by atoms with E-state index < -0.39 is 5.97 Å². The Morgan fingerprint density at radius 2 is 1.96 bits per heavy atom. The number of rotatable bonds is 4. The van der Waals surface area contributed by atoms with Crippen LogP contribution in [0.1, 0.15) is 16.3 Å². The lowest BCUT2D eigenvalue weighted by Gasteiger charge is -2.08. The first-order valence-corrected chi connectivity index (χ1v) is 8.89. The zero-order chi connectivity index (χ0) is 18.3. The maximum absolute atomic E-state index is 12.8. The van der Waals surface area contributed by atoms with E-state index in [1.807, 2.05) is 19.1 Å². The van der Waals surface area contributed by atoms with Crippen molar-refractivity contribution in [2.45, 2.75) is 19.9 Å². The molecule has 0 aliphatic carbocycles. The molecular formula is C19H15N3O3S. The highest BCUT2D eigenvalue weighted by atomic mass is 32.1. The lowest BCUT2D eigenvalue weighted by atomic mass is 10.1. The predicted octanol–water partition coefficient (Wildman–Crippen LogP) is 2.99. The van der Waals surface area contributed by atoms with Gasteiger partial charge in [-0.2, -0.15) is 5.10 Å². The van der Waals surface area contributed by atoms with Gasteiger partial charge >= 0.3 is 5.97 Å². The molecule has 0 saturated carbocycles. The van der Waals surface area contributed by atoms with E-state index in [1.165, 1.54) is 16.0 Å². The zero-order valence-corrected chi connectivity index (χ0v) is 14.8. The van der Waals surface area contributed by atoms with Crippen LogP contribution >= 0.6 is 11.3 Å². The molecule has 0 atom stereocenters. The van der Waals surface area contributed by atoms with Gasteiger partial charge in [-0.05, 0) is 30.7 Å². The van der Waals surface area contributed by atoms with Gasteiger partial charge in [0.05, 0.1) is 34.3 Å². The number of hydrogen-bond acceptors (Lipinski definition) is 5. The largest absolute Gasteiger partial charge is 0.481 e. The molecular weight excluding hydrogens is 350 g/mol. The summed E-state index contributed by atoms with van der Waals surface area (Å²) in [5, 5.41) is 15.3. The van der Waals surface area contributed by atoms with Crippen molar-refractivity contribution >= 4 is 38.3 Å². The minimum Gasteiger partial charge on any atom is -0.481 e. The van der Waals surface area contributed by atoms with E-state index in [0.717, 1.165) is 20.8 Å². The molecule has 26 heavy (non-hydrogen) atoms. The third-order valence-electron chi connectivity index (χ3n) is 4.14. The summed E-state index contributed by atoms with van der Waals surface area (Å²) >= 11 is 1.51. The van der Waals surface area contributed by atoms with Gasteiger partial charge in [-0.3, -0.25) is 9.59 Å². The maximum Gasteiger partial charge on any atom is 0.309 e. The van der Waals surface area contributed by atoms with E-state index >= 15 is 0 Å². The van der Waals surface area contributed by atoms with Crippen molar-refractivity contribution in [3.63, 3.8) is 0 Å². The summed E-state index contributed by atoms with van der Waals surface area (Å²) in [5.41, 5.74) is 2.17. The maximum atomic E-state index is 12.8. The fourth-order valence-electron chi connectivity index (χ4n) is 2.96. The van der Waals surface area contributed by atoms with Crippen molar-refractivity contribution in [3.05, 3.63) is 69.1 Å². The molecule has 4 aromatic rings. The van der Waals surface area contributed by atoms with Gasteiger partial charge < -0.3 is 5.11 Å². The fourth-order valence-corrected chi connectivity index (χ4v) is 4.01. The van der Waals surface area contributed by atoms with Gasteiger partial charge in [-0.1, -0.05) is 24.3 Å². The summed E-state index contributed by atoms with van der Waals surface area (Å²) < 4.78 is 2.37. The van der Waals surface area contributed by atoms with Gasteiger partial charge in [-0.25, -0.2) is 9.67 Å². The average molecular weight is 365 g/mol. The lowest BCUT2D eigenvalue weighted by Crippen LogP contribution is -2.26. The molecule has 2 aromatic carbocycles. The molecule has 6 nitrogen and oxygen atoms in total. The second-order valence-corrected chi connectivity index (χ2v) is 7.22. The number of thiazole rings is 1. The van der Waals surface area contributed by atoms with Gasteiger partial charge in [0.25, 0.3) is 5.56 Å². The Labute approximate surface area is 152 Å². The van der Waals surface area contributed by atoms with Crippen LogP contribution in [0.2, 0.25) is 0 Å². The SMILES string of the molecule is Cc1ccc2nc(Cn3nc(CC(=O)O)c4ccccc4c3=O)sc2c1. The molecule has 0 spiro atoms. The normalized spacial score (nSPS) is 11.3. The second-order valence-electron chi connectivity index (χ2n) is 6.10. The number of hydrogen-bond donors (Lipinski definition) is 1. The molecule has 4 rings (SSSR count). The average Bonchev–Trinajstić information content (AvgIpc) is 3.00.